The van der Waals surface area contributed by atoms with E-state index in [9.17, 15) is 14.4 Å². The highest BCUT2D eigenvalue weighted by Gasteiger charge is 2.35. The highest BCUT2D eigenvalue weighted by molar-refractivity contribution is 8.18. The lowest BCUT2D eigenvalue weighted by atomic mass is 10.1. The van der Waals surface area contributed by atoms with E-state index in [2.05, 4.69) is 0 Å². The van der Waals surface area contributed by atoms with E-state index in [-0.39, 0.29) is 30.2 Å². The molecule has 2 heterocycles. The molecule has 0 radical (unpaired) electrons. The van der Waals surface area contributed by atoms with Gasteiger partial charge in [-0.25, -0.2) is 0 Å². The molecule has 0 unspecified atom stereocenters. The summed E-state index contributed by atoms with van der Waals surface area (Å²) >= 11 is 0.943. The molecular weight excluding hydrogens is 428 g/mol. The molecule has 4 rings (SSSR count). The quantitative estimate of drug-likeness (QED) is 0.625. The van der Waals surface area contributed by atoms with Crippen LogP contribution in [0.5, 0.6) is 5.75 Å². The molecule has 2 aliphatic rings. The molecule has 0 atom stereocenters. The molecule has 2 aromatic rings. The second-order valence-electron chi connectivity index (χ2n) is 7.55. The van der Waals surface area contributed by atoms with Crippen molar-refractivity contribution in [1.29, 1.82) is 0 Å². The summed E-state index contributed by atoms with van der Waals surface area (Å²) in [5.74, 6) is 0.204. The molecule has 0 aromatic heterocycles. The third-order valence-corrected chi connectivity index (χ3v) is 6.27. The highest BCUT2D eigenvalue weighted by atomic mass is 32.2. The average molecular weight is 453 g/mol. The molecule has 0 saturated carbocycles. The van der Waals surface area contributed by atoms with Crippen LogP contribution in [0.2, 0.25) is 0 Å². The number of benzene rings is 2. The third kappa shape index (κ3) is 5.20. The molecule has 0 N–H and O–H groups in total. The molecule has 0 bridgehead atoms. The number of rotatable bonds is 6. The van der Waals surface area contributed by atoms with Gasteiger partial charge in [0, 0.05) is 13.1 Å². The standard InChI is InChI=1S/C24H24N2O5S/c1-17-4-2-3-5-19(17)15-26-23(28)21(32-24(26)29)14-18-6-8-20(9-7-18)31-16-22(27)25-10-12-30-13-11-25/h2-9,14H,10-13,15-16H2,1H3/b21-14-. The summed E-state index contributed by atoms with van der Waals surface area (Å²) in [6, 6.07) is 14.8. The van der Waals surface area contributed by atoms with Crippen molar-refractivity contribution in [1.82, 2.24) is 9.80 Å². The van der Waals surface area contributed by atoms with Gasteiger partial charge >= 0.3 is 0 Å². The maximum atomic E-state index is 12.8. The van der Waals surface area contributed by atoms with Crippen LogP contribution in [0.1, 0.15) is 16.7 Å². The zero-order valence-corrected chi connectivity index (χ0v) is 18.6. The number of aryl methyl sites for hydroxylation is 1. The summed E-state index contributed by atoms with van der Waals surface area (Å²) in [5.41, 5.74) is 2.76. The van der Waals surface area contributed by atoms with Gasteiger partial charge in [0.05, 0.1) is 24.7 Å². The van der Waals surface area contributed by atoms with Crippen molar-refractivity contribution in [3.05, 3.63) is 70.1 Å². The normalized spacial score (nSPS) is 17.8. The van der Waals surface area contributed by atoms with Gasteiger partial charge in [0.15, 0.2) is 6.61 Å². The fraction of sp³-hybridized carbons (Fsp3) is 0.292. The van der Waals surface area contributed by atoms with Crippen LogP contribution in [-0.2, 0) is 20.9 Å². The van der Waals surface area contributed by atoms with Crippen LogP contribution in [0.3, 0.4) is 0 Å². The molecule has 2 aliphatic heterocycles. The Morgan fingerprint density at radius 2 is 1.81 bits per heavy atom. The highest BCUT2D eigenvalue weighted by Crippen LogP contribution is 2.33. The van der Waals surface area contributed by atoms with Crippen LogP contribution >= 0.6 is 11.8 Å². The number of morpholine rings is 1. The summed E-state index contributed by atoms with van der Waals surface area (Å²) in [5, 5.41) is -0.272. The Labute approximate surface area is 191 Å². The van der Waals surface area contributed by atoms with E-state index in [0.29, 0.717) is 37.0 Å². The van der Waals surface area contributed by atoms with Gasteiger partial charge in [-0.05, 0) is 53.6 Å². The molecule has 7 nitrogen and oxygen atoms in total. The number of thioether (sulfide) groups is 1. The van der Waals surface area contributed by atoms with Crippen LogP contribution in [-0.4, -0.2) is 59.8 Å². The molecule has 2 saturated heterocycles. The summed E-state index contributed by atoms with van der Waals surface area (Å²) in [6.45, 7) is 4.46. The summed E-state index contributed by atoms with van der Waals surface area (Å²) in [4.78, 5) is 40.7. The lowest BCUT2D eigenvalue weighted by molar-refractivity contribution is -0.137. The number of carbonyl (C=O) groups excluding carboxylic acids is 3. The average Bonchev–Trinajstić information content (AvgIpc) is 3.07. The van der Waals surface area contributed by atoms with Gasteiger partial charge in [0.25, 0.3) is 17.1 Å². The van der Waals surface area contributed by atoms with Gasteiger partial charge in [-0.1, -0.05) is 36.4 Å². The predicted molar refractivity (Wildman–Crippen MR) is 122 cm³/mol. The fourth-order valence-corrected chi connectivity index (χ4v) is 4.29. The van der Waals surface area contributed by atoms with Crippen molar-refractivity contribution >= 4 is 34.9 Å². The number of nitrogens with zero attached hydrogens (tertiary/aromatic N) is 2. The Hall–Kier alpha value is -3.10. The van der Waals surface area contributed by atoms with Crippen LogP contribution in [0, 0.1) is 6.92 Å². The first-order chi connectivity index (χ1) is 15.5. The zero-order valence-electron chi connectivity index (χ0n) is 17.8. The van der Waals surface area contributed by atoms with Gasteiger partial charge in [0.2, 0.25) is 0 Å². The van der Waals surface area contributed by atoms with Crippen molar-refractivity contribution in [2.75, 3.05) is 32.9 Å². The van der Waals surface area contributed by atoms with E-state index in [0.717, 1.165) is 28.5 Å². The lowest BCUT2D eigenvalue weighted by Crippen LogP contribution is -2.42. The van der Waals surface area contributed by atoms with Gasteiger partial charge in [-0.3, -0.25) is 19.3 Å². The van der Waals surface area contributed by atoms with E-state index in [1.165, 1.54) is 4.90 Å². The van der Waals surface area contributed by atoms with E-state index in [4.69, 9.17) is 9.47 Å². The minimum atomic E-state index is -0.292. The van der Waals surface area contributed by atoms with E-state index >= 15 is 0 Å². The first-order valence-electron chi connectivity index (χ1n) is 10.4. The van der Waals surface area contributed by atoms with Crippen LogP contribution in [0.15, 0.2) is 53.4 Å². The number of carbonyl (C=O) groups is 3. The molecular formula is C24H24N2O5S. The number of hydrogen-bond acceptors (Lipinski definition) is 6. The topological polar surface area (TPSA) is 76.2 Å². The first kappa shape index (κ1) is 22.1. The minimum absolute atomic E-state index is 0.0306. The summed E-state index contributed by atoms with van der Waals surface area (Å²) in [6.07, 6.45) is 1.70. The Morgan fingerprint density at radius 3 is 2.53 bits per heavy atom. The fourth-order valence-electron chi connectivity index (χ4n) is 3.45. The molecule has 0 aliphatic carbocycles. The summed E-state index contributed by atoms with van der Waals surface area (Å²) < 4.78 is 10.8. The smallest absolute Gasteiger partial charge is 0.293 e. The van der Waals surface area contributed by atoms with Crippen molar-refractivity contribution in [2.45, 2.75) is 13.5 Å². The molecule has 0 spiro atoms. The molecule has 32 heavy (non-hydrogen) atoms. The van der Waals surface area contributed by atoms with Gasteiger partial charge < -0.3 is 14.4 Å². The number of imide groups is 1. The van der Waals surface area contributed by atoms with Crippen LogP contribution in [0.25, 0.3) is 6.08 Å². The molecule has 2 fully saturated rings. The molecule has 3 amide bonds. The second-order valence-corrected chi connectivity index (χ2v) is 8.54. The van der Waals surface area contributed by atoms with Gasteiger partial charge in [-0.15, -0.1) is 0 Å². The van der Waals surface area contributed by atoms with Gasteiger partial charge in [-0.2, -0.15) is 0 Å². The zero-order chi connectivity index (χ0) is 22.5. The van der Waals surface area contributed by atoms with Crippen molar-refractivity contribution in [3.63, 3.8) is 0 Å². The molecule has 166 valence electrons. The Kier molecular flexibility index (Phi) is 6.92. The van der Waals surface area contributed by atoms with Crippen molar-refractivity contribution in [2.24, 2.45) is 0 Å². The largest absolute Gasteiger partial charge is 0.484 e. The SMILES string of the molecule is Cc1ccccc1CN1C(=O)S/C(=C\c2ccc(OCC(=O)N3CCOCC3)cc2)C1=O. The Balaban J connectivity index is 1.36. The maximum Gasteiger partial charge on any atom is 0.293 e. The van der Waals surface area contributed by atoms with Crippen LogP contribution in [0.4, 0.5) is 4.79 Å². The lowest BCUT2D eigenvalue weighted by Gasteiger charge is -2.26. The number of hydrogen-bond donors (Lipinski definition) is 0. The Morgan fingerprint density at radius 1 is 1.09 bits per heavy atom. The van der Waals surface area contributed by atoms with Crippen molar-refractivity contribution in [3.8, 4) is 5.75 Å². The predicted octanol–water partition coefficient (Wildman–Crippen LogP) is 3.47. The number of ether oxygens (including phenoxy) is 2. The van der Waals surface area contributed by atoms with E-state index < -0.39 is 0 Å². The molecule has 8 heteroatoms. The molecule has 2 aromatic carbocycles. The van der Waals surface area contributed by atoms with Crippen molar-refractivity contribution < 1.29 is 23.9 Å². The minimum Gasteiger partial charge on any atom is -0.484 e. The maximum absolute atomic E-state index is 12.8. The van der Waals surface area contributed by atoms with Gasteiger partial charge in [0.1, 0.15) is 5.75 Å². The van der Waals surface area contributed by atoms with E-state index in [1.807, 2.05) is 31.2 Å². The van der Waals surface area contributed by atoms with Crippen LogP contribution < -0.4 is 4.74 Å². The number of amides is 3. The Bertz CT molecular complexity index is 1040. The van der Waals surface area contributed by atoms with E-state index in [1.54, 1.807) is 35.2 Å². The second kappa shape index (κ2) is 10.0. The summed E-state index contributed by atoms with van der Waals surface area (Å²) in [7, 11) is 0. The monoisotopic (exact) mass is 452 g/mol. The first-order valence-corrected chi connectivity index (χ1v) is 11.2. The third-order valence-electron chi connectivity index (χ3n) is 5.37.